The number of hydrogen-bond donors (Lipinski definition) is 4. The fraction of sp³-hybridized carbons (Fsp3) is 0.200. The second-order valence-corrected chi connectivity index (χ2v) is 3.38. The molecule has 0 amide bonds. The van der Waals surface area contributed by atoms with Gasteiger partial charge in [0.15, 0.2) is 0 Å². The first-order valence-electron chi connectivity index (χ1n) is 4.75. The van der Waals surface area contributed by atoms with Crippen LogP contribution in [-0.4, -0.2) is 11.9 Å². The summed E-state index contributed by atoms with van der Waals surface area (Å²) in [7, 11) is 0. The third kappa shape index (κ3) is 4.71. The molecule has 0 heterocycles. The molecule has 0 atom stereocenters. The largest absolute Gasteiger partial charge is 0.368 e. The Morgan fingerprint density at radius 1 is 1.18 bits per heavy atom. The zero-order valence-corrected chi connectivity index (χ0v) is 10.6. The lowest BCUT2D eigenvalue weighted by molar-refractivity contribution is 1.01. The van der Waals surface area contributed by atoms with Crippen LogP contribution in [0.1, 0.15) is 11.1 Å². The van der Waals surface area contributed by atoms with Crippen LogP contribution in [0.5, 0.6) is 0 Å². The highest BCUT2D eigenvalue weighted by molar-refractivity contribution is 5.94. The normalized spacial score (nSPS) is 11.9. The van der Waals surface area contributed by atoms with Gasteiger partial charge in [0, 0.05) is 0 Å². The summed E-state index contributed by atoms with van der Waals surface area (Å²) in [5, 5.41) is 0. The van der Waals surface area contributed by atoms with Crippen molar-refractivity contribution in [3.63, 3.8) is 0 Å². The Bertz CT molecular complexity index is 440. The highest BCUT2D eigenvalue weighted by Crippen LogP contribution is 2.16. The molecule has 7 N–H and O–H groups in total. The average Bonchev–Trinajstić information content (AvgIpc) is 2.23. The van der Waals surface area contributed by atoms with Gasteiger partial charge in [0.05, 0.1) is 5.69 Å². The molecular formula is C10H17ClN6. The Kier molecular flexibility index (Phi) is 6.01. The predicted molar refractivity (Wildman–Crippen MR) is 73.4 cm³/mol. The summed E-state index contributed by atoms with van der Waals surface area (Å²) in [4.78, 5) is 7.81. The fourth-order valence-electron chi connectivity index (χ4n) is 1.11. The van der Waals surface area contributed by atoms with Gasteiger partial charge in [0.2, 0.25) is 11.9 Å². The minimum absolute atomic E-state index is 0. The number of nitrogens with one attached hydrogen (secondary N) is 1. The zero-order valence-electron chi connectivity index (χ0n) is 9.77. The molecule has 0 unspecified atom stereocenters. The van der Waals surface area contributed by atoms with Crippen LogP contribution in [0.15, 0.2) is 28.2 Å². The minimum atomic E-state index is 0. The van der Waals surface area contributed by atoms with Gasteiger partial charge in [0.1, 0.15) is 0 Å². The second-order valence-electron chi connectivity index (χ2n) is 3.38. The molecule has 0 aliphatic heterocycles. The van der Waals surface area contributed by atoms with Crippen molar-refractivity contribution in [1.82, 2.24) is 5.43 Å². The topological polar surface area (TPSA) is 115 Å². The van der Waals surface area contributed by atoms with E-state index < -0.39 is 0 Å². The lowest BCUT2D eigenvalue weighted by Gasteiger charge is -2.01. The molecule has 1 aromatic rings. The van der Waals surface area contributed by atoms with E-state index in [1.54, 1.807) is 0 Å². The van der Waals surface area contributed by atoms with Crippen molar-refractivity contribution in [3.05, 3.63) is 29.3 Å². The fourth-order valence-corrected chi connectivity index (χ4v) is 1.11. The summed E-state index contributed by atoms with van der Waals surface area (Å²) in [6, 6.07) is 5.75. The molecule has 0 spiro atoms. The molecule has 0 aliphatic rings. The molecule has 0 fully saturated rings. The van der Waals surface area contributed by atoms with Crippen LogP contribution >= 0.6 is 12.4 Å². The van der Waals surface area contributed by atoms with Gasteiger partial charge in [-0.25, -0.2) is 10.8 Å². The van der Waals surface area contributed by atoms with Gasteiger partial charge < -0.3 is 11.5 Å². The number of halogens is 1. The summed E-state index contributed by atoms with van der Waals surface area (Å²) in [5.74, 6) is 5.11. The average molecular weight is 257 g/mol. The van der Waals surface area contributed by atoms with E-state index in [0.29, 0.717) is 0 Å². The van der Waals surface area contributed by atoms with Crippen molar-refractivity contribution in [1.29, 1.82) is 0 Å². The smallest absolute Gasteiger partial charge is 0.223 e. The van der Waals surface area contributed by atoms with Crippen LogP contribution in [0.3, 0.4) is 0 Å². The molecule has 0 aliphatic carbocycles. The maximum Gasteiger partial charge on any atom is 0.223 e. The standard InChI is InChI=1S/C10H16N6.ClH/c1-6-3-4-8(5-7(6)2)14-9(11)15-10(12)16-13;/h3-5H,13H2,1-2H3,(H5,11,12,14,15,16);1H. The monoisotopic (exact) mass is 256 g/mol. The van der Waals surface area contributed by atoms with E-state index in [-0.39, 0.29) is 24.3 Å². The summed E-state index contributed by atoms with van der Waals surface area (Å²) >= 11 is 0. The number of nitrogens with two attached hydrogens (primary N) is 3. The molecular weight excluding hydrogens is 240 g/mol. The number of guanidine groups is 2. The van der Waals surface area contributed by atoms with Crippen molar-refractivity contribution in [2.45, 2.75) is 13.8 Å². The quantitative estimate of drug-likeness (QED) is 0.253. The molecule has 0 aromatic heterocycles. The molecule has 1 rings (SSSR count). The number of aliphatic imine (C=N–C) groups is 2. The van der Waals surface area contributed by atoms with Gasteiger partial charge in [-0.1, -0.05) is 6.07 Å². The Morgan fingerprint density at radius 2 is 1.82 bits per heavy atom. The minimum Gasteiger partial charge on any atom is -0.368 e. The van der Waals surface area contributed by atoms with E-state index in [1.807, 2.05) is 32.0 Å². The molecule has 0 bridgehead atoms. The van der Waals surface area contributed by atoms with Gasteiger partial charge in [-0.2, -0.15) is 4.99 Å². The summed E-state index contributed by atoms with van der Waals surface area (Å²) in [5.41, 5.74) is 16.1. The molecule has 6 nitrogen and oxygen atoms in total. The van der Waals surface area contributed by atoms with Crippen LogP contribution in [0.25, 0.3) is 0 Å². The Hall–Kier alpha value is -1.79. The first-order valence-corrected chi connectivity index (χ1v) is 4.75. The van der Waals surface area contributed by atoms with Crippen LogP contribution in [0, 0.1) is 13.8 Å². The molecule has 0 radical (unpaired) electrons. The Labute approximate surface area is 106 Å². The molecule has 1 aromatic carbocycles. The van der Waals surface area contributed by atoms with Crippen molar-refractivity contribution >= 4 is 30.0 Å². The van der Waals surface area contributed by atoms with Crippen LogP contribution in [-0.2, 0) is 0 Å². The van der Waals surface area contributed by atoms with Crippen LogP contribution in [0.4, 0.5) is 5.69 Å². The van der Waals surface area contributed by atoms with E-state index in [9.17, 15) is 0 Å². The molecule has 7 heteroatoms. The number of benzene rings is 1. The van der Waals surface area contributed by atoms with E-state index >= 15 is 0 Å². The van der Waals surface area contributed by atoms with E-state index in [1.165, 1.54) is 5.56 Å². The SMILES string of the molecule is Cc1ccc(N=C(N)/N=C(\N)NN)cc1C.Cl. The van der Waals surface area contributed by atoms with Gasteiger partial charge in [0.25, 0.3) is 0 Å². The third-order valence-electron chi connectivity index (χ3n) is 2.12. The van der Waals surface area contributed by atoms with Gasteiger partial charge in [-0.05, 0) is 37.1 Å². The van der Waals surface area contributed by atoms with Crippen molar-refractivity contribution in [3.8, 4) is 0 Å². The number of hydrogen-bond acceptors (Lipinski definition) is 2. The van der Waals surface area contributed by atoms with E-state index in [4.69, 9.17) is 17.3 Å². The van der Waals surface area contributed by atoms with Crippen LogP contribution in [0.2, 0.25) is 0 Å². The van der Waals surface area contributed by atoms with E-state index in [2.05, 4.69) is 15.4 Å². The second kappa shape index (κ2) is 6.72. The highest BCUT2D eigenvalue weighted by Gasteiger charge is 1.96. The molecule has 17 heavy (non-hydrogen) atoms. The number of nitrogens with zero attached hydrogens (tertiary/aromatic N) is 2. The highest BCUT2D eigenvalue weighted by atomic mass is 35.5. The van der Waals surface area contributed by atoms with Crippen molar-refractivity contribution < 1.29 is 0 Å². The third-order valence-corrected chi connectivity index (χ3v) is 2.12. The van der Waals surface area contributed by atoms with Gasteiger partial charge in [-0.3, -0.25) is 5.43 Å². The lowest BCUT2D eigenvalue weighted by Crippen LogP contribution is -2.38. The van der Waals surface area contributed by atoms with Crippen molar-refractivity contribution in [2.24, 2.45) is 27.3 Å². The first-order chi connectivity index (χ1) is 7.52. The number of aryl methyl sites for hydroxylation is 2. The lowest BCUT2D eigenvalue weighted by atomic mass is 10.1. The predicted octanol–water partition coefficient (Wildman–Crippen LogP) is 0.449. The molecule has 0 saturated heterocycles. The van der Waals surface area contributed by atoms with Crippen LogP contribution < -0.4 is 22.7 Å². The summed E-state index contributed by atoms with van der Waals surface area (Å²) in [6.07, 6.45) is 0. The first kappa shape index (κ1) is 15.2. The van der Waals surface area contributed by atoms with Gasteiger partial charge in [-0.15, -0.1) is 12.4 Å². The zero-order chi connectivity index (χ0) is 12.1. The molecule has 94 valence electrons. The Morgan fingerprint density at radius 3 is 2.35 bits per heavy atom. The van der Waals surface area contributed by atoms with Crippen molar-refractivity contribution in [2.75, 3.05) is 0 Å². The summed E-state index contributed by atoms with van der Waals surface area (Å²) in [6.45, 7) is 4.03. The maximum absolute atomic E-state index is 5.56. The number of hydrazine groups is 1. The number of rotatable bonds is 1. The van der Waals surface area contributed by atoms with E-state index in [0.717, 1.165) is 11.3 Å². The maximum atomic E-state index is 5.56. The Balaban J connectivity index is 0.00000256. The molecule has 0 saturated carbocycles. The van der Waals surface area contributed by atoms with Gasteiger partial charge >= 0.3 is 0 Å². The summed E-state index contributed by atoms with van der Waals surface area (Å²) < 4.78 is 0.